The molecule has 0 bridgehead atoms. The number of rotatable bonds is 1. The van der Waals surface area contributed by atoms with Gasteiger partial charge in [0.1, 0.15) is 0 Å². The smallest absolute Gasteiger partial charge is 0.0695 e. The van der Waals surface area contributed by atoms with Crippen LogP contribution in [-0.4, -0.2) is 10.1 Å². The van der Waals surface area contributed by atoms with Gasteiger partial charge in [-0.25, -0.2) is 0 Å². The Balaban J connectivity index is 3.12. The second kappa shape index (κ2) is 3.00. The van der Waals surface area contributed by atoms with Gasteiger partial charge in [0.2, 0.25) is 0 Å². The molecule has 0 radical (unpaired) electrons. The van der Waals surface area contributed by atoms with Crippen LogP contribution in [-0.2, 0) is 6.61 Å². The van der Waals surface area contributed by atoms with Gasteiger partial charge in [-0.2, -0.15) is 0 Å². The van der Waals surface area contributed by atoms with Gasteiger partial charge in [-0.3, -0.25) is 4.98 Å². The Labute approximate surface area is 59.5 Å². The van der Waals surface area contributed by atoms with Crippen LogP contribution in [0.1, 0.15) is 11.1 Å². The average molecular weight is 133 g/mol. The molecule has 0 aliphatic rings. The van der Waals surface area contributed by atoms with Crippen molar-refractivity contribution in [1.29, 1.82) is 0 Å². The van der Waals surface area contributed by atoms with Gasteiger partial charge >= 0.3 is 0 Å². The van der Waals surface area contributed by atoms with E-state index in [4.69, 9.17) is 11.5 Å². The molecule has 0 spiro atoms. The first-order chi connectivity index (χ1) is 4.88. The van der Waals surface area contributed by atoms with Crippen LogP contribution in [0.3, 0.4) is 0 Å². The molecule has 0 aromatic carbocycles. The summed E-state index contributed by atoms with van der Waals surface area (Å²) in [5.74, 6) is 2.42. The number of aliphatic hydroxyl groups is 1. The zero-order valence-corrected chi connectivity index (χ0v) is 5.41. The van der Waals surface area contributed by atoms with Crippen molar-refractivity contribution in [3.05, 3.63) is 29.6 Å². The van der Waals surface area contributed by atoms with Crippen molar-refractivity contribution in [2.45, 2.75) is 6.61 Å². The molecule has 1 aromatic rings. The van der Waals surface area contributed by atoms with Crippen molar-refractivity contribution < 1.29 is 5.11 Å². The first-order valence-corrected chi connectivity index (χ1v) is 2.89. The molecule has 0 atom stereocenters. The van der Waals surface area contributed by atoms with Crippen molar-refractivity contribution in [3.63, 3.8) is 0 Å². The van der Waals surface area contributed by atoms with E-state index in [1.807, 2.05) is 0 Å². The number of terminal acetylenes is 1. The Kier molecular flexibility index (Phi) is 2.03. The van der Waals surface area contributed by atoms with Crippen molar-refractivity contribution in [2.24, 2.45) is 0 Å². The second-order valence-electron chi connectivity index (χ2n) is 1.84. The Bertz CT molecular complexity index is 262. The molecule has 2 heteroatoms. The maximum absolute atomic E-state index is 8.73. The molecule has 1 heterocycles. The lowest BCUT2D eigenvalue weighted by molar-refractivity contribution is 0.281. The summed E-state index contributed by atoms with van der Waals surface area (Å²) in [5, 5.41) is 8.73. The Morgan fingerprint density at radius 2 is 2.50 bits per heavy atom. The van der Waals surface area contributed by atoms with Gasteiger partial charge in [0.15, 0.2) is 0 Å². The highest BCUT2D eigenvalue weighted by molar-refractivity contribution is 5.36. The predicted octanol–water partition coefficient (Wildman–Crippen LogP) is 0.555. The molecular weight excluding hydrogens is 126 g/mol. The Hall–Kier alpha value is -1.33. The first-order valence-electron chi connectivity index (χ1n) is 2.89. The quantitative estimate of drug-likeness (QED) is 0.568. The number of aromatic nitrogens is 1. The molecule has 50 valence electrons. The topological polar surface area (TPSA) is 33.1 Å². The zero-order valence-electron chi connectivity index (χ0n) is 5.41. The van der Waals surface area contributed by atoms with E-state index < -0.39 is 0 Å². The summed E-state index contributed by atoms with van der Waals surface area (Å²) in [5.41, 5.74) is 1.41. The van der Waals surface area contributed by atoms with Crippen molar-refractivity contribution in [2.75, 3.05) is 0 Å². The van der Waals surface area contributed by atoms with Gasteiger partial charge in [-0.15, -0.1) is 6.42 Å². The third-order valence-electron chi connectivity index (χ3n) is 1.24. The molecule has 0 saturated carbocycles. The molecule has 0 aliphatic carbocycles. The molecule has 1 aromatic heterocycles. The van der Waals surface area contributed by atoms with Gasteiger partial charge in [0.25, 0.3) is 0 Å². The largest absolute Gasteiger partial charge is 0.392 e. The van der Waals surface area contributed by atoms with Gasteiger partial charge in [-0.1, -0.05) is 5.92 Å². The summed E-state index contributed by atoms with van der Waals surface area (Å²) < 4.78 is 0. The lowest BCUT2D eigenvalue weighted by Gasteiger charge is -1.96. The molecule has 2 nitrogen and oxygen atoms in total. The van der Waals surface area contributed by atoms with Gasteiger partial charge in [-0.05, 0) is 11.6 Å². The fraction of sp³-hybridized carbons (Fsp3) is 0.125. The SMILES string of the molecule is C#Cc1cnccc1CO. The van der Waals surface area contributed by atoms with Gasteiger partial charge in [0.05, 0.1) is 6.61 Å². The van der Waals surface area contributed by atoms with E-state index in [0.717, 1.165) is 5.56 Å². The summed E-state index contributed by atoms with van der Waals surface area (Å²) in [4.78, 5) is 3.81. The van der Waals surface area contributed by atoms with Crippen molar-refractivity contribution in [3.8, 4) is 12.3 Å². The molecular formula is C8H7NO. The highest BCUT2D eigenvalue weighted by atomic mass is 16.3. The van der Waals surface area contributed by atoms with Crippen molar-refractivity contribution in [1.82, 2.24) is 4.98 Å². The second-order valence-corrected chi connectivity index (χ2v) is 1.84. The standard InChI is InChI=1S/C8H7NO/c1-2-7-5-9-4-3-8(7)6-10/h1,3-5,10H,6H2. The van der Waals surface area contributed by atoms with E-state index in [-0.39, 0.29) is 6.61 Å². The Morgan fingerprint density at radius 3 is 3.00 bits per heavy atom. The Morgan fingerprint density at radius 1 is 1.70 bits per heavy atom. The summed E-state index contributed by atoms with van der Waals surface area (Å²) in [7, 11) is 0. The average Bonchev–Trinajstić information content (AvgIpc) is 2.04. The van der Waals surface area contributed by atoms with E-state index in [9.17, 15) is 0 Å². The van der Waals surface area contributed by atoms with Gasteiger partial charge in [0, 0.05) is 18.0 Å². The summed E-state index contributed by atoms with van der Waals surface area (Å²) in [6, 6.07) is 1.70. The van der Waals surface area contributed by atoms with Crippen LogP contribution >= 0.6 is 0 Å². The van der Waals surface area contributed by atoms with Crippen LogP contribution < -0.4 is 0 Å². The third kappa shape index (κ3) is 1.15. The fourth-order valence-electron chi connectivity index (χ4n) is 0.691. The highest BCUT2D eigenvalue weighted by Gasteiger charge is 1.94. The molecule has 0 aliphatic heterocycles. The van der Waals surface area contributed by atoms with Crippen LogP contribution in [0.4, 0.5) is 0 Å². The summed E-state index contributed by atoms with van der Waals surface area (Å²) in [6.45, 7) is -0.0257. The van der Waals surface area contributed by atoms with E-state index in [0.29, 0.717) is 5.56 Å². The minimum atomic E-state index is -0.0257. The number of pyridine rings is 1. The van der Waals surface area contributed by atoms with Crippen LogP contribution in [0.5, 0.6) is 0 Å². The molecule has 0 saturated heterocycles. The van der Waals surface area contributed by atoms with Gasteiger partial charge < -0.3 is 5.11 Å². The summed E-state index contributed by atoms with van der Waals surface area (Å²) in [6.07, 6.45) is 8.29. The van der Waals surface area contributed by atoms with Crippen molar-refractivity contribution >= 4 is 0 Å². The molecule has 1 rings (SSSR count). The van der Waals surface area contributed by atoms with E-state index in [1.54, 1.807) is 18.5 Å². The lowest BCUT2D eigenvalue weighted by atomic mass is 10.2. The minimum absolute atomic E-state index is 0.0257. The number of hydrogen-bond donors (Lipinski definition) is 1. The van der Waals surface area contributed by atoms with E-state index >= 15 is 0 Å². The van der Waals surface area contributed by atoms with E-state index in [2.05, 4.69) is 10.9 Å². The maximum Gasteiger partial charge on any atom is 0.0695 e. The number of hydrogen-bond acceptors (Lipinski definition) is 2. The highest BCUT2D eigenvalue weighted by Crippen LogP contribution is 2.03. The monoisotopic (exact) mass is 133 g/mol. The minimum Gasteiger partial charge on any atom is -0.392 e. The normalized spacial score (nSPS) is 8.80. The van der Waals surface area contributed by atoms with Crippen LogP contribution in [0, 0.1) is 12.3 Å². The summed E-state index contributed by atoms with van der Waals surface area (Å²) >= 11 is 0. The first kappa shape index (κ1) is 6.79. The van der Waals surface area contributed by atoms with Crippen LogP contribution in [0.2, 0.25) is 0 Å². The fourth-order valence-corrected chi connectivity index (χ4v) is 0.691. The van der Waals surface area contributed by atoms with Crippen LogP contribution in [0.25, 0.3) is 0 Å². The number of nitrogens with zero attached hydrogens (tertiary/aromatic N) is 1. The maximum atomic E-state index is 8.73. The van der Waals surface area contributed by atoms with E-state index in [1.165, 1.54) is 0 Å². The lowest BCUT2D eigenvalue weighted by Crippen LogP contribution is -1.88. The molecule has 0 unspecified atom stereocenters. The molecule has 0 fully saturated rings. The molecule has 1 N–H and O–H groups in total. The van der Waals surface area contributed by atoms with Crippen LogP contribution in [0.15, 0.2) is 18.5 Å². The molecule has 0 amide bonds. The molecule has 10 heavy (non-hydrogen) atoms. The zero-order chi connectivity index (χ0) is 7.40. The predicted molar refractivity (Wildman–Crippen MR) is 38.1 cm³/mol. The third-order valence-corrected chi connectivity index (χ3v) is 1.24. The number of aliphatic hydroxyl groups excluding tert-OH is 1.